The van der Waals surface area contributed by atoms with Crippen LogP contribution in [0.15, 0.2) is 42.5 Å². The van der Waals surface area contributed by atoms with Crippen molar-refractivity contribution in [1.29, 1.82) is 0 Å². The van der Waals surface area contributed by atoms with Gasteiger partial charge in [0.1, 0.15) is 0 Å². The van der Waals surface area contributed by atoms with Gasteiger partial charge in [0.25, 0.3) is 11.6 Å². The third kappa shape index (κ3) is 3.09. The molecule has 2 aromatic carbocycles. The molecule has 176 valence electrons. The lowest BCUT2D eigenvalue weighted by Crippen LogP contribution is -2.76. The number of carbonyl (C=O) groups excluding carboxylic acids is 3. The summed E-state index contributed by atoms with van der Waals surface area (Å²) < 4.78 is 6.04. The first-order chi connectivity index (χ1) is 16.1. The second-order valence-electron chi connectivity index (χ2n) is 8.82. The molecular formula is C23H21ClN4O6. The first-order valence-electron chi connectivity index (χ1n) is 10.8. The number of imide groups is 2. The molecule has 2 fully saturated rings. The molecule has 4 amide bonds. The van der Waals surface area contributed by atoms with E-state index in [1.165, 1.54) is 18.2 Å². The fraction of sp³-hybridized carbons (Fsp3) is 0.348. The summed E-state index contributed by atoms with van der Waals surface area (Å²) in [6.07, 6.45) is -0.901. The van der Waals surface area contributed by atoms with Crippen molar-refractivity contribution < 1.29 is 24.0 Å². The number of nitrogens with zero attached hydrogens (tertiary/aromatic N) is 3. The number of nitro groups is 1. The number of morpholine rings is 1. The molecule has 4 atom stereocenters. The molecule has 0 aliphatic carbocycles. The quantitative estimate of drug-likeness (QED) is 0.395. The number of para-hydroxylation sites is 1. The molecule has 0 saturated carbocycles. The number of hydrogen-bond acceptors (Lipinski definition) is 7. The Labute approximate surface area is 199 Å². The minimum atomic E-state index is -1.77. The molecular weight excluding hydrogens is 464 g/mol. The maximum absolute atomic E-state index is 14.2. The van der Waals surface area contributed by atoms with E-state index in [-0.39, 0.29) is 28.9 Å². The second kappa shape index (κ2) is 7.78. The minimum absolute atomic E-state index is 0.133. The highest BCUT2D eigenvalue weighted by molar-refractivity contribution is 6.37. The molecule has 1 spiro atoms. The predicted molar refractivity (Wildman–Crippen MR) is 123 cm³/mol. The maximum Gasteiger partial charge on any atom is 0.335 e. The zero-order valence-corrected chi connectivity index (χ0v) is 19.1. The van der Waals surface area contributed by atoms with Gasteiger partial charge in [-0.25, -0.2) is 9.69 Å². The Bertz CT molecular complexity index is 1250. The van der Waals surface area contributed by atoms with Crippen LogP contribution in [0.5, 0.6) is 0 Å². The number of non-ortho nitro benzene ring substituents is 1. The molecule has 2 saturated heterocycles. The Morgan fingerprint density at radius 1 is 1.15 bits per heavy atom. The average Bonchev–Trinajstić information content (AvgIpc) is 2.78. The fourth-order valence-electron chi connectivity index (χ4n) is 5.48. The van der Waals surface area contributed by atoms with E-state index in [0.29, 0.717) is 17.8 Å². The number of amides is 4. The minimum Gasteiger partial charge on any atom is -0.372 e. The summed E-state index contributed by atoms with van der Waals surface area (Å²) in [5.74, 6) is -1.51. The van der Waals surface area contributed by atoms with Gasteiger partial charge in [-0.1, -0.05) is 23.7 Å². The molecule has 2 aromatic rings. The van der Waals surface area contributed by atoms with Gasteiger partial charge in [0.2, 0.25) is 5.91 Å². The molecule has 10 nitrogen and oxygen atoms in total. The van der Waals surface area contributed by atoms with Crippen molar-refractivity contribution in [2.45, 2.75) is 38.5 Å². The van der Waals surface area contributed by atoms with Crippen LogP contribution in [0.4, 0.5) is 21.9 Å². The third-order valence-corrected chi connectivity index (χ3v) is 7.07. The molecule has 5 rings (SSSR count). The molecule has 0 bridgehead atoms. The number of nitro benzene ring substituents is 1. The van der Waals surface area contributed by atoms with Crippen molar-refractivity contribution in [3.05, 3.63) is 63.2 Å². The smallest absolute Gasteiger partial charge is 0.335 e. The SMILES string of the molecule is C[C@@H]1CN2c3ccc([N+](=O)[O-])cc3C[C@]3(C(=O)NC(=O)N(c4ccccc4Cl)C3=O)[C@@H]2[C@@H](C)O1. The molecule has 0 unspecified atom stereocenters. The number of rotatable bonds is 2. The van der Waals surface area contributed by atoms with Crippen molar-refractivity contribution in [2.24, 2.45) is 5.41 Å². The summed E-state index contributed by atoms with van der Waals surface area (Å²) in [5, 5.41) is 13.9. The van der Waals surface area contributed by atoms with Crippen molar-refractivity contribution in [3.8, 4) is 0 Å². The number of anilines is 2. The van der Waals surface area contributed by atoms with Gasteiger partial charge in [0.05, 0.1) is 33.9 Å². The van der Waals surface area contributed by atoms with Crippen LogP contribution >= 0.6 is 11.6 Å². The number of halogens is 1. The lowest BCUT2D eigenvalue weighted by molar-refractivity contribution is -0.384. The lowest BCUT2D eigenvalue weighted by Gasteiger charge is -2.56. The van der Waals surface area contributed by atoms with Crippen molar-refractivity contribution in [1.82, 2.24) is 5.32 Å². The van der Waals surface area contributed by atoms with E-state index < -0.39 is 40.3 Å². The second-order valence-corrected chi connectivity index (χ2v) is 9.23. The number of urea groups is 1. The number of carbonyl (C=O) groups is 3. The summed E-state index contributed by atoms with van der Waals surface area (Å²) >= 11 is 6.30. The summed E-state index contributed by atoms with van der Waals surface area (Å²) in [7, 11) is 0. The van der Waals surface area contributed by atoms with E-state index in [9.17, 15) is 24.5 Å². The summed E-state index contributed by atoms with van der Waals surface area (Å²) in [5.41, 5.74) is -0.597. The van der Waals surface area contributed by atoms with Crippen LogP contribution in [0.3, 0.4) is 0 Å². The van der Waals surface area contributed by atoms with Crippen LogP contribution in [0, 0.1) is 15.5 Å². The van der Waals surface area contributed by atoms with Crippen LogP contribution < -0.4 is 15.1 Å². The number of benzene rings is 2. The first-order valence-corrected chi connectivity index (χ1v) is 11.2. The first kappa shape index (κ1) is 22.3. The van der Waals surface area contributed by atoms with Crippen LogP contribution in [-0.2, 0) is 20.7 Å². The van der Waals surface area contributed by atoms with Gasteiger partial charge in [-0.15, -0.1) is 0 Å². The Morgan fingerprint density at radius 3 is 2.59 bits per heavy atom. The highest BCUT2D eigenvalue weighted by atomic mass is 35.5. The number of fused-ring (bicyclic) bond motifs is 4. The Kier molecular flexibility index (Phi) is 5.10. The third-order valence-electron chi connectivity index (χ3n) is 6.75. The number of hydrogen-bond donors (Lipinski definition) is 1. The largest absolute Gasteiger partial charge is 0.372 e. The van der Waals surface area contributed by atoms with Gasteiger partial charge in [0, 0.05) is 30.8 Å². The topological polar surface area (TPSA) is 122 Å². The number of barbiturate groups is 1. The molecule has 0 aromatic heterocycles. The molecule has 3 aliphatic heterocycles. The van der Waals surface area contributed by atoms with E-state index in [0.717, 1.165) is 4.90 Å². The number of ether oxygens (including phenoxy) is 1. The van der Waals surface area contributed by atoms with E-state index in [4.69, 9.17) is 16.3 Å². The maximum atomic E-state index is 14.2. The zero-order valence-electron chi connectivity index (χ0n) is 18.4. The van der Waals surface area contributed by atoms with Crippen LogP contribution in [0.2, 0.25) is 5.02 Å². The van der Waals surface area contributed by atoms with Gasteiger partial charge >= 0.3 is 6.03 Å². The average molecular weight is 485 g/mol. The summed E-state index contributed by atoms with van der Waals surface area (Å²) in [6.45, 7) is 4.02. The molecule has 3 heterocycles. The molecule has 0 radical (unpaired) electrons. The van der Waals surface area contributed by atoms with E-state index in [2.05, 4.69) is 5.32 Å². The molecule has 11 heteroatoms. The van der Waals surface area contributed by atoms with Gasteiger partial charge in [-0.05, 0) is 37.6 Å². The van der Waals surface area contributed by atoms with Crippen LogP contribution in [0.1, 0.15) is 19.4 Å². The van der Waals surface area contributed by atoms with E-state index in [1.54, 1.807) is 31.2 Å². The highest BCUT2D eigenvalue weighted by Crippen LogP contribution is 2.49. The fourth-order valence-corrected chi connectivity index (χ4v) is 5.70. The summed E-state index contributed by atoms with van der Waals surface area (Å²) in [4.78, 5) is 54.3. The summed E-state index contributed by atoms with van der Waals surface area (Å²) in [6, 6.07) is 9.13. The van der Waals surface area contributed by atoms with Gasteiger partial charge < -0.3 is 9.64 Å². The van der Waals surface area contributed by atoms with Gasteiger partial charge in [-0.3, -0.25) is 25.0 Å². The van der Waals surface area contributed by atoms with Crippen molar-refractivity contribution in [3.63, 3.8) is 0 Å². The molecule has 3 aliphatic rings. The highest BCUT2D eigenvalue weighted by Gasteiger charge is 2.65. The predicted octanol–water partition coefficient (Wildman–Crippen LogP) is 3.06. The van der Waals surface area contributed by atoms with Crippen molar-refractivity contribution >= 4 is 46.5 Å². The van der Waals surface area contributed by atoms with Crippen LogP contribution in [0.25, 0.3) is 0 Å². The number of nitrogens with one attached hydrogen (secondary N) is 1. The van der Waals surface area contributed by atoms with Crippen molar-refractivity contribution in [2.75, 3.05) is 16.3 Å². The lowest BCUT2D eigenvalue weighted by atomic mass is 9.66. The monoisotopic (exact) mass is 484 g/mol. The normalized spacial score (nSPS) is 28.4. The Balaban J connectivity index is 1.72. The zero-order chi connectivity index (χ0) is 24.4. The Hall–Kier alpha value is -3.50. The van der Waals surface area contributed by atoms with Gasteiger partial charge in [-0.2, -0.15) is 0 Å². The standard InChI is InChI=1S/C23H21ClN4O6/c1-12-11-26-17-8-7-15(28(32)33)9-14(17)10-23(19(26)13(2)34-12)20(29)25-22(31)27(21(23)30)18-6-4-3-5-16(18)24/h3-9,12-13,19H,10-11H2,1-2H3,(H,25,29,31)/t12-,13-,19+,23-/m1/s1. The molecule has 1 N–H and O–H groups in total. The van der Waals surface area contributed by atoms with E-state index in [1.807, 2.05) is 11.8 Å². The van der Waals surface area contributed by atoms with E-state index >= 15 is 0 Å². The van der Waals surface area contributed by atoms with Crippen LogP contribution in [-0.4, -0.2) is 47.6 Å². The molecule has 34 heavy (non-hydrogen) atoms. The van der Waals surface area contributed by atoms with Gasteiger partial charge in [0.15, 0.2) is 5.41 Å². The Morgan fingerprint density at radius 2 is 1.88 bits per heavy atom.